The zero-order valence-electron chi connectivity index (χ0n) is 11.8. The highest BCUT2D eigenvalue weighted by Gasteiger charge is 2.38. The van der Waals surface area contributed by atoms with Crippen molar-refractivity contribution in [3.63, 3.8) is 0 Å². The van der Waals surface area contributed by atoms with E-state index in [4.69, 9.17) is 4.74 Å². The van der Waals surface area contributed by atoms with E-state index < -0.39 is 0 Å². The SMILES string of the molecule is CCOCCN1C(=O)C(CC)NC1c1ccc(C)s1. The molecule has 0 radical (unpaired) electrons. The first-order valence-corrected chi connectivity index (χ1v) is 7.69. The number of carbonyl (C=O) groups excluding carboxylic acids is 1. The van der Waals surface area contributed by atoms with E-state index in [1.54, 1.807) is 11.3 Å². The summed E-state index contributed by atoms with van der Waals surface area (Å²) in [6, 6.07) is 4.15. The van der Waals surface area contributed by atoms with Gasteiger partial charge in [0.25, 0.3) is 0 Å². The molecule has 5 heteroatoms. The summed E-state index contributed by atoms with van der Waals surface area (Å²) >= 11 is 1.75. The summed E-state index contributed by atoms with van der Waals surface area (Å²) in [5.74, 6) is 0.193. The van der Waals surface area contributed by atoms with Crippen molar-refractivity contribution >= 4 is 17.2 Å². The van der Waals surface area contributed by atoms with Gasteiger partial charge in [-0.1, -0.05) is 6.92 Å². The van der Waals surface area contributed by atoms with Crippen LogP contribution in [0.25, 0.3) is 0 Å². The fourth-order valence-electron chi connectivity index (χ4n) is 2.35. The van der Waals surface area contributed by atoms with Gasteiger partial charge in [0, 0.05) is 22.9 Å². The second-order valence-corrected chi connectivity index (χ2v) is 6.03. The van der Waals surface area contributed by atoms with Crippen molar-refractivity contribution in [2.45, 2.75) is 39.4 Å². The van der Waals surface area contributed by atoms with Gasteiger partial charge in [-0.15, -0.1) is 11.3 Å². The zero-order chi connectivity index (χ0) is 13.8. The molecule has 1 aliphatic heterocycles. The largest absolute Gasteiger partial charge is 0.380 e. The summed E-state index contributed by atoms with van der Waals surface area (Å²) in [4.78, 5) is 16.7. The third-order valence-corrected chi connectivity index (χ3v) is 4.42. The van der Waals surface area contributed by atoms with E-state index >= 15 is 0 Å². The number of hydrogen-bond donors (Lipinski definition) is 1. The highest BCUT2D eigenvalue weighted by Crippen LogP contribution is 2.30. The molecule has 0 aliphatic carbocycles. The van der Waals surface area contributed by atoms with Crippen LogP contribution in [0.4, 0.5) is 0 Å². The molecule has 0 bridgehead atoms. The summed E-state index contributed by atoms with van der Waals surface area (Å²) in [5, 5.41) is 3.43. The van der Waals surface area contributed by atoms with Crippen LogP contribution in [0.3, 0.4) is 0 Å². The summed E-state index contributed by atoms with van der Waals surface area (Å²) in [6.45, 7) is 8.04. The second kappa shape index (κ2) is 6.50. The van der Waals surface area contributed by atoms with Gasteiger partial charge >= 0.3 is 0 Å². The third kappa shape index (κ3) is 3.16. The number of hydrogen-bond acceptors (Lipinski definition) is 4. The second-order valence-electron chi connectivity index (χ2n) is 4.71. The van der Waals surface area contributed by atoms with Crippen LogP contribution in [0.5, 0.6) is 0 Å². The lowest BCUT2D eigenvalue weighted by molar-refractivity contribution is -0.130. The molecule has 1 amide bonds. The molecule has 1 N–H and O–H groups in total. The molecule has 19 heavy (non-hydrogen) atoms. The van der Waals surface area contributed by atoms with E-state index in [-0.39, 0.29) is 18.1 Å². The number of rotatable bonds is 6. The van der Waals surface area contributed by atoms with Crippen LogP contribution in [-0.2, 0) is 9.53 Å². The fraction of sp³-hybridized carbons (Fsp3) is 0.643. The monoisotopic (exact) mass is 282 g/mol. The maximum atomic E-state index is 12.3. The average Bonchev–Trinajstić information content (AvgIpc) is 2.95. The maximum Gasteiger partial charge on any atom is 0.241 e. The Kier molecular flexibility index (Phi) is 4.96. The van der Waals surface area contributed by atoms with Gasteiger partial charge in [0.15, 0.2) is 0 Å². The number of aryl methyl sites for hydroxylation is 1. The van der Waals surface area contributed by atoms with Crippen molar-refractivity contribution in [2.24, 2.45) is 0 Å². The molecule has 4 nitrogen and oxygen atoms in total. The van der Waals surface area contributed by atoms with Gasteiger partial charge in [0.1, 0.15) is 6.17 Å². The first kappa shape index (κ1) is 14.5. The van der Waals surface area contributed by atoms with Crippen molar-refractivity contribution in [2.75, 3.05) is 19.8 Å². The maximum absolute atomic E-state index is 12.3. The van der Waals surface area contributed by atoms with Gasteiger partial charge in [-0.3, -0.25) is 10.1 Å². The van der Waals surface area contributed by atoms with E-state index in [1.807, 2.05) is 18.7 Å². The van der Waals surface area contributed by atoms with E-state index in [0.29, 0.717) is 19.8 Å². The van der Waals surface area contributed by atoms with E-state index in [0.717, 1.165) is 6.42 Å². The highest BCUT2D eigenvalue weighted by molar-refractivity contribution is 7.12. The molecular weight excluding hydrogens is 260 g/mol. The van der Waals surface area contributed by atoms with Crippen LogP contribution in [0.15, 0.2) is 12.1 Å². The van der Waals surface area contributed by atoms with Crippen LogP contribution >= 0.6 is 11.3 Å². The van der Waals surface area contributed by atoms with Crippen molar-refractivity contribution in [1.82, 2.24) is 10.2 Å². The van der Waals surface area contributed by atoms with Gasteiger partial charge in [-0.2, -0.15) is 0 Å². The number of nitrogens with zero attached hydrogens (tertiary/aromatic N) is 1. The summed E-state index contributed by atoms with van der Waals surface area (Å²) in [6.07, 6.45) is 0.835. The van der Waals surface area contributed by atoms with Crippen molar-refractivity contribution in [1.29, 1.82) is 0 Å². The Balaban J connectivity index is 2.12. The van der Waals surface area contributed by atoms with Gasteiger partial charge in [0.05, 0.1) is 12.6 Å². The van der Waals surface area contributed by atoms with Gasteiger partial charge in [0.2, 0.25) is 5.91 Å². The number of nitrogens with one attached hydrogen (secondary N) is 1. The highest BCUT2D eigenvalue weighted by atomic mass is 32.1. The molecule has 2 rings (SSSR count). The predicted molar refractivity (Wildman–Crippen MR) is 77.2 cm³/mol. The Morgan fingerprint density at radius 3 is 2.79 bits per heavy atom. The van der Waals surface area contributed by atoms with Gasteiger partial charge < -0.3 is 9.64 Å². The average molecular weight is 282 g/mol. The third-order valence-electron chi connectivity index (χ3n) is 3.37. The molecule has 0 aromatic carbocycles. The van der Waals surface area contributed by atoms with Crippen LogP contribution < -0.4 is 5.32 Å². The van der Waals surface area contributed by atoms with Crippen molar-refractivity contribution in [3.05, 3.63) is 21.9 Å². The van der Waals surface area contributed by atoms with Crippen LogP contribution in [-0.4, -0.2) is 36.6 Å². The lowest BCUT2D eigenvalue weighted by Crippen LogP contribution is -2.33. The number of thiophene rings is 1. The lowest BCUT2D eigenvalue weighted by Gasteiger charge is -2.23. The minimum Gasteiger partial charge on any atom is -0.380 e. The Labute approximate surface area is 118 Å². The summed E-state index contributed by atoms with van der Waals surface area (Å²) in [7, 11) is 0. The first-order chi connectivity index (χ1) is 9.17. The van der Waals surface area contributed by atoms with Crippen molar-refractivity contribution < 1.29 is 9.53 Å². The lowest BCUT2D eigenvalue weighted by atomic mass is 10.2. The van der Waals surface area contributed by atoms with E-state index in [2.05, 4.69) is 24.4 Å². The molecule has 1 fully saturated rings. The minimum absolute atomic E-state index is 0.0107. The Morgan fingerprint density at radius 2 is 2.21 bits per heavy atom. The molecule has 2 atom stereocenters. The van der Waals surface area contributed by atoms with E-state index in [9.17, 15) is 4.79 Å². The Hall–Kier alpha value is -0.910. The summed E-state index contributed by atoms with van der Waals surface area (Å²) in [5.41, 5.74) is 0. The molecule has 2 heterocycles. The standard InChI is InChI=1S/C14H22N2O2S/c1-4-11-14(17)16(8-9-18-5-2)13(15-11)12-7-6-10(3)19-12/h6-7,11,13,15H,4-5,8-9H2,1-3H3. The zero-order valence-corrected chi connectivity index (χ0v) is 12.6. The molecule has 0 saturated carbocycles. The van der Waals surface area contributed by atoms with E-state index in [1.165, 1.54) is 9.75 Å². The number of amides is 1. The Bertz CT molecular complexity index is 433. The molecule has 1 aromatic heterocycles. The molecule has 1 aliphatic rings. The predicted octanol–water partition coefficient (Wildman–Crippen LogP) is 2.30. The van der Waals surface area contributed by atoms with Gasteiger partial charge in [-0.25, -0.2) is 0 Å². The van der Waals surface area contributed by atoms with Crippen molar-refractivity contribution in [3.8, 4) is 0 Å². The van der Waals surface area contributed by atoms with Crippen LogP contribution in [0.2, 0.25) is 0 Å². The van der Waals surface area contributed by atoms with Crippen LogP contribution in [0.1, 0.15) is 36.2 Å². The van der Waals surface area contributed by atoms with Crippen LogP contribution in [0, 0.1) is 6.92 Å². The smallest absolute Gasteiger partial charge is 0.241 e. The molecule has 1 saturated heterocycles. The molecular formula is C14H22N2O2S. The molecule has 1 aromatic rings. The quantitative estimate of drug-likeness (QED) is 0.814. The number of ether oxygens (including phenoxy) is 1. The normalized spacial score (nSPS) is 23.3. The topological polar surface area (TPSA) is 41.6 Å². The molecule has 2 unspecified atom stereocenters. The molecule has 0 spiro atoms. The Morgan fingerprint density at radius 1 is 1.42 bits per heavy atom. The number of carbonyl (C=O) groups is 1. The minimum atomic E-state index is -0.0611. The van der Waals surface area contributed by atoms with Gasteiger partial charge in [-0.05, 0) is 32.4 Å². The first-order valence-electron chi connectivity index (χ1n) is 6.88. The molecule has 106 valence electrons. The fourth-order valence-corrected chi connectivity index (χ4v) is 3.31. The summed E-state index contributed by atoms with van der Waals surface area (Å²) < 4.78 is 5.38.